The van der Waals surface area contributed by atoms with E-state index in [1.807, 2.05) is 6.92 Å². The molecule has 0 bridgehead atoms. The van der Waals surface area contributed by atoms with Crippen LogP contribution in [0.1, 0.15) is 39.0 Å². The molecule has 124 valence electrons. The van der Waals surface area contributed by atoms with E-state index in [2.05, 4.69) is 0 Å². The minimum Gasteiger partial charge on any atom is -0.411 e. The molecule has 0 aromatic rings. The summed E-state index contributed by atoms with van der Waals surface area (Å²) in [7, 11) is -0.454. The largest absolute Gasteiger partial charge is 0.457 e. The van der Waals surface area contributed by atoms with E-state index in [-0.39, 0.29) is 20.0 Å². The highest BCUT2D eigenvalue weighted by Gasteiger charge is 2.44. The van der Waals surface area contributed by atoms with Crippen LogP contribution in [0.3, 0.4) is 0 Å². The summed E-state index contributed by atoms with van der Waals surface area (Å²) in [6.07, 6.45) is 4.65. The predicted molar refractivity (Wildman–Crippen MR) is 82.5 cm³/mol. The fourth-order valence-corrected chi connectivity index (χ4v) is 3.27. The van der Waals surface area contributed by atoms with Gasteiger partial charge in [-0.25, -0.2) is 0 Å². The van der Waals surface area contributed by atoms with Gasteiger partial charge in [0, 0.05) is 38.6 Å². The summed E-state index contributed by atoms with van der Waals surface area (Å²) in [6, 6.07) is 0. The molecule has 3 saturated heterocycles. The van der Waals surface area contributed by atoms with Gasteiger partial charge < -0.3 is 28.1 Å². The average Bonchev–Trinajstić information content (AvgIpc) is 3.00. The van der Waals surface area contributed by atoms with E-state index >= 15 is 0 Å². The van der Waals surface area contributed by atoms with Crippen LogP contribution < -0.4 is 0 Å². The van der Waals surface area contributed by atoms with Crippen LogP contribution in [0.5, 0.6) is 0 Å². The molecule has 22 heavy (non-hydrogen) atoms. The molecule has 3 heterocycles. The molecular formula is C14H26B2O6. The van der Waals surface area contributed by atoms with E-state index < -0.39 is 5.79 Å². The highest BCUT2D eigenvalue weighted by molar-refractivity contribution is 6.67. The lowest BCUT2D eigenvalue weighted by Crippen LogP contribution is -2.46. The van der Waals surface area contributed by atoms with Crippen molar-refractivity contribution in [1.29, 1.82) is 0 Å². The van der Waals surface area contributed by atoms with Crippen LogP contribution >= 0.6 is 0 Å². The minimum absolute atomic E-state index is 0.102. The van der Waals surface area contributed by atoms with E-state index in [1.165, 1.54) is 0 Å². The fourth-order valence-electron chi connectivity index (χ4n) is 3.27. The highest BCUT2D eigenvalue weighted by Crippen LogP contribution is 2.31. The third-order valence-electron chi connectivity index (χ3n) is 4.47. The van der Waals surface area contributed by atoms with Gasteiger partial charge in [0.05, 0.1) is 13.2 Å². The minimum atomic E-state index is -0.437. The van der Waals surface area contributed by atoms with Gasteiger partial charge >= 0.3 is 14.2 Å². The fraction of sp³-hybridized carbons (Fsp3) is 1.00. The summed E-state index contributed by atoms with van der Waals surface area (Å²) >= 11 is 0. The van der Waals surface area contributed by atoms with Crippen LogP contribution in [0.25, 0.3) is 0 Å². The monoisotopic (exact) mass is 312 g/mol. The normalized spacial score (nSPS) is 25.9. The summed E-state index contributed by atoms with van der Waals surface area (Å²) in [4.78, 5) is 0. The maximum Gasteiger partial charge on any atom is 0.457 e. The molecule has 6 nitrogen and oxygen atoms in total. The second-order valence-corrected chi connectivity index (χ2v) is 6.31. The zero-order chi connectivity index (χ0) is 15.3. The summed E-state index contributed by atoms with van der Waals surface area (Å²) in [5.74, 6) is -0.437. The molecule has 3 rings (SSSR count). The third-order valence-corrected chi connectivity index (χ3v) is 4.47. The lowest BCUT2D eigenvalue weighted by Gasteiger charge is -2.32. The maximum absolute atomic E-state index is 5.80. The van der Waals surface area contributed by atoms with Crippen molar-refractivity contribution in [2.75, 3.05) is 39.6 Å². The molecule has 0 radical (unpaired) electrons. The summed E-state index contributed by atoms with van der Waals surface area (Å²) in [5.41, 5.74) is 0.102. The lowest BCUT2D eigenvalue weighted by atomic mass is 9.49. The van der Waals surface area contributed by atoms with Crippen molar-refractivity contribution in [3.63, 3.8) is 0 Å². The maximum atomic E-state index is 5.80. The lowest BCUT2D eigenvalue weighted by molar-refractivity contribution is -0.147. The third kappa shape index (κ3) is 4.46. The van der Waals surface area contributed by atoms with Crippen molar-refractivity contribution < 1.29 is 28.1 Å². The molecule has 0 amide bonds. The van der Waals surface area contributed by atoms with Crippen LogP contribution in [-0.2, 0) is 28.1 Å². The Morgan fingerprint density at radius 1 is 0.818 bits per heavy atom. The average molecular weight is 312 g/mol. The van der Waals surface area contributed by atoms with E-state index in [4.69, 9.17) is 28.1 Å². The van der Waals surface area contributed by atoms with Gasteiger partial charge in [0.2, 0.25) is 0 Å². The van der Waals surface area contributed by atoms with Gasteiger partial charge in [-0.3, -0.25) is 0 Å². The molecule has 3 fully saturated rings. The Balaban J connectivity index is 1.52. The van der Waals surface area contributed by atoms with Crippen LogP contribution in [0.15, 0.2) is 0 Å². The summed E-state index contributed by atoms with van der Waals surface area (Å²) in [6.45, 7) is 6.37. The van der Waals surface area contributed by atoms with Gasteiger partial charge in [-0.15, -0.1) is 0 Å². The zero-order valence-electron chi connectivity index (χ0n) is 13.5. The molecule has 0 aromatic carbocycles. The second kappa shape index (κ2) is 8.13. The Hall–Kier alpha value is -0.110. The van der Waals surface area contributed by atoms with Crippen LogP contribution in [0.2, 0.25) is 5.72 Å². The molecule has 8 heteroatoms. The molecule has 0 N–H and O–H groups in total. The molecule has 0 atom stereocenters. The van der Waals surface area contributed by atoms with Gasteiger partial charge in [-0.05, 0) is 26.2 Å². The van der Waals surface area contributed by atoms with Crippen molar-refractivity contribution in [3.05, 3.63) is 0 Å². The Bertz CT molecular complexity index is 309. The predicted octanol–water partition coefficient (Wildman–Crippen LogP) is 1.68. The Labute approximate surface area is 133 Å². The van der Waals surface area contributed by atoms with E-state index in [9.17, 15) is 0 Å². The zero-order valence-corrected chi connectivity index (χ0v) is 13.5. The van der Waals surface area contributed by atoms with Crippen molar-refractivity contribution in [3.8, 4) is 0 Å². The number of rotatable bonds is 6. The Morgan fingerprint density at radius 3 is 1.82 bits per heavy atom. The van der Waals surface area contributed by atoms with Gasteiger partial charge in [-0.2, -0.15) is 0 Å². The molecule has 0 unspecified atom stereocenters. The molecular weight excluding hydrogens is 286 g/mol. The van der Waals surface area contributed by atoms with E-state index in [1.54, 1.807) is 0 Å². The van der Waals surface area contributed by atoms with Crippen LogP contribution in [-0.4, -0.2) is 59.7 Å². The van der Waals surface area contributed by atoms with E-state index in [0.717, 1.165) is 58.5 Å². The highest BCUT2D eigenvalue weighted by atomic mass is 16.7. The molecule has 3 aliphatic heterocycles. The van der Waals surface area contributed by atoms with Gasteiger partial charge in [0.1, 0.15) is 0 Å². The first kappa shape index (κ1) is 16.7. The second-order valence-electron chi connectivity index (χ2n) is 6.31. The van der Waals surface area contributed by atoms with Crippen molar-refractivity contribution in [1.82, 2.24) is 0 Å². The Kier molecular flexibility index (Phi) is 6.18. The van der Waals surface area contributed by atoms with Crippen LogP contribution in [0.4, 0.5) is 0 Å². The first-order valence-corrected chi connectivity index (χ1v) is 8.51. The van der Waals surface area contributed by atoms with Gasteiger partial charge in [0.15, 0.2) is 5.79 Å². The van der Waals surface area contributed by atoms with Gasteiger partial charge in [-0.1, -0.05) is 6.42 Å². The van der Waals surface area contributed by atoms with Crippen molar-refractivity contribution >= 4 is 14.2 Å². The molecule has 0 spiro atoms. The standard InChI is InChI=1S/C14H26B2O6/c1-14(17-11-12-18-14)6-2-5-13(15-19-7-3-8-20-15)16-21-9-4-10-22-16/h13H,2-12H2,1H3. The number of hydrogen-bond acceptors (Lipinski definition) is 6. The van der Waals surface area contributed by atoms with Crippen molar-refractivity contribution in [2.45, 2.75) is 50.5 Å². The molecule has 0 aliphatic carbocycles. The molecule has 0 aromatic heterocycles. The van der Waals surface area contributed by atoms with Crippen molar-refractivity contribution in [2.24, 2.45) is 0 Å². The van der Waals surface area contributed by atoms with E-state index in [0.29, 0.717) is 13.2 Å². The molecule has 0 saturated carbocycles. The van der Waals surface area contributed by atoms with Crippen LogP contribution in [0, 0.1) is 0 Å². The topological polar surface area (TPSA) is 55.4 Å². The first-order valence-electron chi connectivity index (χ1n) is 8.51. The van der Waals surface area contributed by atoms with Gasteiger partial charge in [0.25, 0.3) is 0 Å². The SMILES string of the molecule is CC1(CCCC(B2OCCCO2)B2OCCCO2)OCCO1. The summed E-state index contributed by atoms with van der Waals surface area (Å²) in [5, 5.41) is 0. The quantitative estimate of drug-likeness (QED) is 0.696. The smallest absolute Gasteiger partial charge is 0.411 e. The summed E-state index contributed by atoms with van der Waals surface area (Å²) < 4.78 is 34.5. The first-order chi connectivity index (χ1) is 10.8. The number of ether oxygens (including phenoxy) is 2. The number of hydrogen-bond donors (Lipinski definition) is 0. The Morgan fingerprint density at radius 2 is 1.32 bits per heavy atom. The molecule has 3 aliphatic rings.